The van der Waals surface area contributed by atoms with Crippen LogP contribution in [0.3, 0.4) is 0 Å². The van der Waals surface area contributed by atoms with Gasteiger partial charge in [0.1, 0.15) is 5.75 Å². The molecule has 2 aromatic rings. The van der Waals surface area contributed by atoms with Gasteiger partial charge in [-0.1, -0.05) is 12.1 Å². The number of sulfonamides is 1. The SMILES string of the molecule is COc1ccc2cc(S(=O)(=O)N3CC[C@@H](O)C[C@@H]3C3CC3)ccc2c1. The van der Waals surface area contributed by atoms with E-state index in [0.717, 1.165) is 29.4 Å². The van der Waals surface area contributed by atoms with Crippen molar-refractivity contribution in [3.63, 3.8) is 0 Å². The smallest absolute Gasteiger partial charge is 0.243 e. The van der Waals surface area contributed by atoms with Gasteiger partial charge in [-0.05, 0) is 66.6 Å². The molecule has 1 saturated heterocycles. The first-order valence-corrected chi connectivity index (χ1v) is 10.2. The van der Waals surface area contributed by atoms with Gasteiger partial charge >= 0.3 is 0 Å². The normalized spacial score (nSPS) is 25.2. The molecule has 5 nitrogen and oxygen atoms in total. The number of benzene rings is 2. The highest BCUT2D eigenvalue weighted by Gasteiger charge is 2.44. The van der Waals surface area contributed by atoms with E-state index < -0.39 is 10.0 Å². The lowest BCUT2D eigenvalue weighted by atomic mass is 9.98. The Morgan fingerprint density at radius 2 is 1.80 bits per heavy atom. The Morgan fingerprint density at radius 3 is 2.52 bits per heavy atom. The van der Waals surface area contributed by atoms with Crippen molar-refractivity contribution in [2.75, 3.05) is 13.7 Å². The summed E-state index contributed by atoms with van der Waals surface area (Å²) in [7, 11) is -1.94. The third kappa shape index (κ3) is 3.14. The molecule has 1 heterocycles. The summed E-state index contributed by atoms with van der Waals surface area (Å²) < 4.78 is 33.3. The standard InChI is InChI=1S/C19H23NO4S/c1-24-17-6-4-15-11-18(7-5-14(15)10-17)25(22,23)20-9-8-16(21)12-19(20)13-2-3-13/h4-7,10-11,13,16,19,21H,2-3,8-9,12H2,1H3/t16-,19-/m1/s1. The molecule has 0 unspecified atom stereocenters. The Hall–Kier alpha value is -1.63. The molecule has 1 saturated carbocycles. The Kier molecular flexibility index (Phi) is 4.22. The van der Waals surface area contributed by atoms with Gasteiger partial charge in [0.05, 0.1) is 18.1 Å². The van der Waals surface area contributed by atoms with Gasteiger partial charge in [0.2, 0.25) is 10.0 Å². The molecule has 2 aromatic carbocycles. The number of aliphatic hydroxyl groups excluding tert-OH is 1. The van der Waals surface area contributed by atoms with Crippen LogP contribution in [-0.2, 0) is 10.0 Å². The maximum Gasteiger partial charge on any atom is 0.243 e. The number of fused-ring (bicyclic) bond motifs is 1. The number of ether oxygens (including phenoxy) is 1. The summed E-state index contributed by atoms with van der Waals surface area (Å²) in [5, 5.41) is 11.8. The van der Waals surface area contributed by atoms with Crippen LogP contribution >= 0.6 is 0 Å². The molecule has 25 heavy (non-hydrogen) atoms. The summed E-state index contributed by atoms with van der Waals surface area (Å²) in [6.07, 6.45) is 2.78. The van der Waals surface area contributed by atoms with E-state index in [1.165, 1.54) is 0 Å². The van der Waals surface area contributed by atoms with Crippen LogP contribution in [0.25, 0.3) is 10.8 Å². The van der Waals surface area contributed by atoms with Crippen LogP contribution in [0, 0.1) is 5.92 Å². The molecule has 0 radical (unpaired) electrons. The van der Waals surface area contributed by atoms with Crippen molar-refractivity contribution in [2.45, 2.75) is 42.7 Å². The van der Waals surface area contributed by atoms with Gasteiger partial charge in [-0.15, -0.1) is 0 Å². The summed E-state index contributed by atoms with van der Waals surface area (Å²) in [4.78, 5) is 0.326. The molecule has 0 amide bonds. The number of hydrogen-bond donors (Lipinski definition) is 1. The lowest BCUT2D eigenvalue weighted by Gasteiger charge is -2.37. The second-order valence-electron chi connectivity index (χ2n) is 7.07. The molecule has 1 aliphatic heterocycles. The van der Waals surface area contributed by atoms with Crippen LogP contribution in [0.2, 0.25) is 0 Å². The average Bonchev–Trinajstić information content (AvgIpc) is 3.45. The van der Waals surface area contributed by atoms with Gasteiger partial charge in [0, 0.05) is 12.6 Å². The van der Waals surface area contributed by atoms with Gasteiger partial charge in [0.15, 0.2) is 0 Å². The van der Waals surface area contributed by atoms with E-state index in [-0.39, 0.29) is 12.1 Å². The second kappa shape index (κ2) is 6.27. The minimum atomic E-state index is -3.56. The van der Waals surface area contributed by atoms with E-state index in [9.17, 15) is 13.5 Å². The molecular formula is C19H23NO4S. The van der Waals surface area contributed by atoms with Crippen molar-refractivity contribution in [3.05, 3.63) is 36.4 Å². The largest absolute Gasteiger partial charge is 0.497 e. The fraction of sp³-hybridized carbons (Fsp3) is 0.474. The molecule has 0 spiro atoms. The van der Waals surface area contributed by atoms with Crippen molar-refractivity contribution in [1.82, 2.24) is 4.31 Å². The fourth-order valence-electron chi connectivity index (χ4n) is 3.79. The van der Waals surface area contributed by atoms with E-state index in [2.05, 4.69) is 0 Å². The van der Waals surface area contributed by atoms with Crippen LogP contribution in [0.4, 0.5) is 0 Å². The quantitative estimate of drug-likeness (QED) is 0.909. The zero-order valence-electron chi connectivity index (χ0n) is 14.3. The predicted octanol–water partition coefficient (Wildman–Crippen LogP) is 2.77. The lowest BCUT2D eigenvalue weighted by Crippen LogP contribution is -2.48. The summed E-state index contributed by atoms with van der Waals surface area (Å²) in [6, 6.07) is 10.8. The van der Waals surface area contributed by atoms with E-state index in [1.54, 1.807) is 23.5 Å². The minimum absolute atomic E-state index is 0.0692. The molecule has 2 fully saturated rings. The molecule has 0 bridgehead atoms. The Bertz CT molecular complexity index is 891. The topological polar surface area (TPSA) is 66.8 Å². The first-order valence-electron chi connectivity index (χ1n) is 8.77. The molecule has 6 heteroatoms. The molecule has 2 atom stereocenters. The highest BCUT2D eigenvalue weighted by Crippen LogP contribution is 2.41. The summed E-state index contributed by atoms with van der Waals surface area (Å²) in [5.41, 5.74) is 0. The highest BCUT2D eigenvalue weighted by atomic mass is 32.2. The number of methoxy groups -OCH3 is 1. The van der Waals surface area contributed by atoms with E-state index in [1.807, 2.05) is 24.3 Å². The number of nitrogens with zero attached hydrogens (tertiary/aromatic N) is 1. The Balaban J connectivity index is 1.70. The van der Waals surface area contributed by atoms with Gasteiger partial charge < -0.3 is 9.84 Å². The van der Waals surface area contributed by atoms with Gasteiger partial charge in [0.25, 0.3) is 0 Å². The molecular weight excluding hydrogens is 338 g/mol. The van der Waals surface area contributed by atoms with Crippen LogP contribution in [0.1, 0.15) is 25.7 Å². The van der Waals surface area contributed by atoms with Gasteiger partial charge in [-0.25, -0.2) is 8.42 Å². The zero-order valence-corrected chi connectivity index (χ0v) is 15.1. The summed E-state index contributed by atoms with van der Waals surface area (Å²) in [6.45, 7) is 0.394. The summed E-state index contributed by atoms with van der Waals surface area (Å²) >= 11 is 0. The first kappa shape index (κ1) is 16.8. The van der Waals surface area contributed by atoms with E-state index >= 15 is 0 Å². The van der Waals surface area contributed by atoms with E-state index in [0.29, 0.717) is 30.2 Å². The highest BCUT2D eigenvalue weighted by molar-refractivity contribution is 7.89. The van der Waals surface area contributed by atoms with Crippen molar-refractivity contribution in [2.24, 2.45) is 5.92 Å². The van der Waals surface area contributed by atoms with E-state index in [4.69, 9.17) is 4.74 Å². The number of piperidine rings is 1. The Morgan fingerprint density at radius 1 is 1.08 bits per heavy atom. The third-order valence-electron chi connectivity index (χ3n) is 5.36. The molecule has 0 aromatic heterocycles. The maximum absolute atomic E-state index is 13.2. The van der Waals surface area contributed by atoms with Crippen molar-refractivity contribution in [1.29, 1.82) is 0 Å². The first-order chi connectivity index (χ1) is 12.0. The fourth-order valence-corrected chi connectivity index (χ4v) is 5.54. The average molecular weight is 361 g/mol. The Labute approximate surface area is 148 Å². The third-order valence-corrected chi connectivity index (χ3v) is 7.28. The van der Waals surface area contributed by atoms with Crippen molar-refractivity contribution >= 4 is 20.8 Å². The minimum Gasteiger partial charge on any atom is -0.497 e. The summed E-state index contributed by atoms with van der Waals surface area (Å²) in [5.74, 6) is 1.15. The molecule has 4 rings (SSSR count). The predicted molar refractivity (Wildman–Crippen MR) is 96.1 cm³/mol. The number of hydrogen-bond acceptors (Lipinski definition) is 4. The van der Waals surface area contributed by atoms with Crippen molar-refractivity contribution in [3.8, 4) is 5.75 Å². The molecule has 134 valence electrons. The molecule has 1 aliphatic carbocycles. The molecule has 1 N–H and O–H groups in total. The zero-order chi connectivity index (χ0) is 17.6. The monoisotopic (exact) mass is 361 g/mol. The van der Waals surface area contributed by atoms with Crippen LogP contribution in [0.5, 0.6) is 5.75 Å². The van der Waals surface area contributed by atoms with Crippen LogP contribution in [-0.4, -0.2) is 43.6 Å². The second-order valence-corrected chi connectivity index (χ2v) is 8.96. The number of rotatable bonds is 4. The van der Waals surface area contributed by atoms with Crippen LogP contribution in [0.15, 0.2) is 41.3 Å². The van der Waals surface area contributed by atoms with Gasteiger partial charge in [-0.3, -0.25) is 0 Å². The lowest BCUT2D eigenvalue weighted by molar-refractivity contribution is 0.0736. The van der Waals surface area contributed by atoms with Crippen molar-refractivity contribution < 1.29 is 18.3 Å². The van der Waals surface area contributed by atoms with Crippen LogP contribution < -0.4 is 4.74 Å². The maximum atomic E-state index is 13.2. The number of aliphatic hydroxyl groups is 1. The molecule has 2 aliphatic rings. The van der Waals surface area contributed by atoms with Gasteiger partial charge in [-0.2, -0.15) is 4.31 Å².